The summed E-state index contributed by atoms with van der Waals surface area (Å²) in [6.07, 6.45) is 1.90. The number of halogens is 4. The standard InChI is InChI=1S/C28H18BrClI2N2O2S/c1-34-27(35)25(37-28(34)33-19-9-10-21(29)22(30)14-19)13-16-11-23(31)26(24(32)12-16)36-15-18-7-4-6-17-5-2-3-8-20(17)18/h2-14H,15H2,1H3/b25-13+,33-28?. The highest BCUT2D eigenvalue weighted by Crippen LogP contribution is 2.36. The van der Waals surface area contributed by atoms with Crippen LogP contribution < -0.4 is 4.74 Å². The van der Waals surface area contributed by atoms with Crippen molar-refractivity contribution < 1.29 is 9.53 Å². The van der Waals surface area contributed by atoms with Gasteiger partial charge in [0.15, 0.2) is 5.17 Å². The number of thioether (sulfide) groups is 1. The highest BCUT2D eigenvalue weighted by atomic mass is 127. The molecule has 4 aromatic rings. The smallest absolute Gasteiger partial charge is 0.266 e. The first-order valence-corrected chi connectivity index (χ1v) is 15.2. The molecule has 1 fully saturated rings. The van der Waals surface area contributed by atoms with E-state index in [1.165, 1.54) is 22.5 Å². The predicted molar refractivity (Wildman–Crippen MR) is 175 cm³/mol. The summed E-state index contributed by atoms with van der Waals surface area (Å²) >= 11 is 15.5. The number of likely N-dealkylation sites (N-methyl/N-ethyl adjacent to an activating group) is 1. The summed E-state index contributed by atoms with van der Waals surface area (Å²) in [4.78, 5) is 19.7. The number of carbonyl (C=O) groups is 1. The molecule has 0 N–H and O–H groups in total. The fourth-order valence-corrected chi connectivity index (χ4v) is 7.37. The zero-order valence-electron chi connectivity index (χ0n) is 19.3. The minimum absolute atomic E-state index is 0.0896. The van der Waals surface area contributed by atoms with Crippen LogP contribution in [-0.2, 0) is 11.4 Å². The van der Waals surface area contributed by atoms with Crippen molar-refractivity contribution in [1.82, 2.24) is 4.90 Å². The third-order valence-corrected chi connectivity index (χ3v) is 9.60. The zero-order valence-corrected chi connectivity index (χ0v) is 26.8. The molecule has 9 heteroatoms. The van der Waals surface area contributed by atoms with Crippen LogP contribution in [0, 0.1) is 7.14 Å². The van der Waals surface area contributed by atoms with Crippen molar-refractivity contribution in [2.24, 2.45) is 4.99 Å². The maximum atomic E-state index is 12.9. The van der Waals surface area contributed by atoms with Gasteiger partial charge in [-0.3, -0.25) is 9.69 Å². The number of hydrogen-bond acceptors (Lipinski definition) is 4. The Morgan fingerprint density at radius 2 is 1.78 bits per heavy atom. The fraction of sp³-hybridized carbons (Fsp3) is 0.0714. The maximum absolute atomic E-state index is 12.9. The van der Waals surface area contributed by atoms with Crippen LogP contribution in [0.1, 0.15) is 11.1 Å². The van der Waals surface area contributed by atoms with E-state index in [1.54, 1.807) is 18.0 Å². The molecule has 1 aliphatic rings. The van der Waals surface area contributed by atoms with Gasteiger partial charge in [-0.05, 0) is 131 Å². The van der Waals surface area contributed by atoms with Crippen molar-refractivity contribution in [1.29, 1.82) is 0 Å². The van der Waals surface area contributed by atoms with Gasteiger partial charge in [-0.2, -0.15) is 0 Å². The molecule has 0 atom stereocenters. The summed E-state index contributed by atoms with van der Waals surface area (Å²) in [6.45, 7) is 0.479. The molecule has 1 amide bonds. The number of fused-ring (bicyclic) bond motifs is 1. The number of ether oxygens (including phenoxy) is 1. The average molecular weight is 816 g/mol. The van der Waals surface area contributed by atoms with E-state index in [2.05, 4.69) is 96.4 Å². The van der Waals surface area contributed by atoms with E-state index in [9.17, 15) is 4.79 Å². The number of carbonyl (C=O) groups excluding carboxylic acids is 1. The minimum atomic E-state index is -0.0896. The Bertz CT molecular complexity index is 1580. The first-order chi connectivity index (χ1) is 17.8. The van der Waals surface area contributed by atoms with Crippen molar-refractivity contribution in [2.45, 2.75) is 6.61 Å². The van der Waals surface area contributed by atoms with E-state index in [0.29, 0.717) is 27.4 Å². The highest BCUT2D eigenvalue weighted by molar-refractivity contribution is 14.1. The summed E-state index contributed by atoms with van der Waals surface area (Å²) in [5.74, 6) is 0.751. The Morgan fingerprint density at radius 3 is 2.54 bits per heavy atom. The summed E-state index contributed by atoms with van der Waals surface area (Å²) < 4.78 is 9.05. The quantitative estimate of drug-likeness (QED) is 0.149. The predicted octanol–water partition coefficient (Wildman–Crippen LogP) is 9.28. The summed E-state index contributed by atoms with van der Waals surface area (Å²) in [6, 6.07) is 24.1. The van der Waals surface area contributed by atoms with Crippen LogP contribution in [0.25, 0.3) is 16.8 Å². The van der Waals surface area contributed by atoms with Crippen LogP contribution in [-0.4, -0.2) is 23.0 Å². The van der Waals surface area contributed by atoms with Crippen LogP contribution in [0.15, 0.2) is 87.2 Å². The van der Waals surface area contributed by atoms with Gasteiger partial charge in [-0.1, -0.05) is 54.1 Å². The van der Waals surface area contributed by atoms with E-state index in [0.717, 1.165) is 28.5 Å². The Hall–Kier alpha value is -1.60. The molecule has 0 spiro atoms. The normalized spacial score (nSPS) is 15.8. The molecule has 0 aromatic heterocycles. The first-order valence-electron chi connectivity index (χ1n) is 11.1. The average Bonchev–Trinajstić information content (AvgIpc) is 3.13. The number of rotatable bonds is 5. The van der Waals surface area contributed by atoms with Crippen LogP contribution >= 0.6 is 84.5 Å². The summed E-state index contributed by atoms with van der Waals surface area (Å²) in [5.41, 5.74) is 2.77. The second-order valence-electron chi connectivity index (χ2n) is 8.21. The van der Waals surface area contributed by atoms with Gasteiger partial charge in [0.2, 0.25) is 0 Å². The molecule has 0 aliphatic carbocycles. The zero-order chi connectivity index (χ0) is 26.1. The van der Waals surface area contributed by atoms with Crippen molar-refractivity contribution in [2.75, 3.05) is 7.05 Å². The molecule has 1 saturated heterocycles. The Kier molecular flexibility index (Phi) is 8.49. The lowest BCUT2D eigenvalue weighted by molar-refractivity contribution is -0.121. The molecular weight excluding hydrogens is 798 g/mol. The van der Waals surface area contributed by atoms with Gasteiger partial charge in [0.25, 0.3) is 5.91 Å². The number of aliphatic imine (C=N–C) groups is 1. The lowest BCUT2D eigenvalue weighted by atomic mass is 10.1. The Labute approximate surface area is 259 Å². The SMILES string of the molecule is CN1C(=O)/C(=C\c2cc(I)c(OCc3cccc4ccccc34)c(I)c2)SC1=Nc1ccc(Br)c(Cl)c1. The molecule has 0 saturated carbocycles. The lowest BCUT2D eigenvalue weighted by Crippen LogP contribution is -2.23. The molecule has 1 aliphatic heterocycles. The summed E-state index contributed by atoms with van der Waals surface area (Å²) in [5, 5.41) is 3.57. The van der Waals surface area contributed by atoms with Gasteiger partial charge in [0.05, 0.1) is 22.8 Å². The highest BCUT2D eigenvalue weighted by Gasteiger charge is 2.30. The van der Waals surface area contributed by atoms with Crippen molar-refractivity contribution in [3.8, 4) is 5.75 Å². The van der Waals surface area contributed by atoms with Gasteiger partial charge in [0.1, 0.15) is 12.4 Å². The van der Waals surface area contributed by atoms with Crippen molar-refractivity contribution in [3.05, 3.63) is 105 Å². The van der Waals surface area contributed by atoms with Gasteiger partial charge in [-0.15, -0.1) is 0 Å². The molecule has 0 radical (unpaired) electrons. The second-order valence-corrected chi connectivity index (χ2v) is 12.8. The maximum Gasteiger partial charge on any atom is 0.266 e. The van der Waals surface area contributed by atoms with E-state index in [-0.39, 0.29) is 5.91 Å². The lowest BCUT2D eigenvalue weighted by Gasteiger charge is -2.13. The number of benzene rings is 4. The van der Waals surface area contributed by atoms with E-state index >= 15 is 0 Å². The first kappa shape index (κ1) is 27.0. The van der Waals surface area contributed by atoms with Crippen LogP contribution in [0.4, 0.5) is 5.69 Å². The van der Waals surface area contributed by atoms with Gasteiger partial charge >= 0.3 is 0 Å². The fourth-order valence-electron chi connectivity index (χ4n) is 3.84. The Balaban J connectivity index is 1.36. The van der Waals surface area contributed by atoms with E-state index in [4.69, 9.17) is 16.3 Å². The minimum Gasteiger partial charge on any atom is -0.487 e. The molecule has 4 nitrogen and oxygen atoms in total. The van der Waals surface area contributed by atoms with Crippen molar-refractivity contribution in [3.63, 3.8) is 0 Å². The summed E-state index contributed by atoms with van der Waals surface area (Å²) in [7, 11) is 1.73. The van der Waals surface area contributed by atoms with Gasteiger partial charge in [-0.25, -0.2) is 4.99 Å². The largest absolute Gasteiger partial charge is 0.487 e. The van der Waals surface area contributed by atoms with Gasteiger partial charge < -0.3 is 4.74 Å². The molecule has 37 heavy (non-hydrogen) atoms. The van der Waals surface area contributed by atoms with E-state index in [1.807, 2.05) is 42.5 Å². The molecule has 0 bridgehead atoms. The molecule has 5 rings (SSSR count). The third kappa shape index (κ3) is 6.03. The van der Waals surface area contributed by atoms with Crippen LogP contribution in [0.2, 0.25) is 5.02 Å². The van der Waals surface area contributed by atoms with Crippen LogP contribution in [0.5, 0.6) is 5.75 Å². The molecule has 186 valence electrons. The number of nitrogens with zero attached hydrogens (tertiary/aromatic N) is 2. The number of hydrogen-bond donors (Lipinski definition) is 0. The third-order valence-electron chi connectivity index (χ3n) is 5.70. The van der Waals surface area contributed by atoms with Crippen molar-refractivity contribution >= 4 is 118 Å². The molecule has 1 heterocycles. The Morgan fingerprint density at radius 1 is 1.05 bits per heavy atom. The van der Waals surface area contributed by atoms with E-state index < -0.39 is 0 Å². The molecule has 4 aromatic carbocycles. The number of amides is 1. The molecule has 0 unspecified atom stereocenters. The monoisotopic (exact) mass is 814 g/mol. The topological polar surface area (TPSA) is 41.9 Å². The molecular formula is C28H18BrClI2N2O2S. The second kappa shape index (κ2) is 11.6. The van der Waals surface area contributed by atoms with Crippen LogP contribution in [0.3, 0.4) is 0 Å². The van der Waals surface area contributed by atoms with Gasteiger partial charge in [0, 0.05) is 11.5 Å². The number of amidine groups is 1.